The Morgan fingerprint density at radius 3 is 2.75 bits per heavy atom. The summed E-state index contributed by atoms with van der Waals surface area (Å²) in [4.78, 5) is 27.9. The molecule has 1 aromatic rings. The minimum atomic E-state index is -0.967. The van der Waals surface area contributed by atoms with Crippen LogP contribution in [0.3, 0.4) is 0 Å². The first-order chi connectivity index (χ1) is 7.47. The van der Waals surface area contributed by atoms with Crippen LogP contribution < -0.4 is 5.73 Å². The minimum Gasteiger partial charge on any atom is -0.461 e. The molecule has 1 heterocycles. The molecule has 0 aliphatic carbocycles. The standard InChI is InChI=1S/C7H7ClN4O4/c1-2-16-6(13)3-4(12(14)15)5(9)11-7(8)10-3/h2H2,1H3,(H2,9,10,11). The highest BCUT2D eigenvalue weighted by atomic mass is 35.5. The predicted molar refractivity (Wildman–Crippen MR) is 54.1 cm³/mol. The Morgan fingerprint density at radius 1 is 1.62 bits per heavy atom. The zero-order valence-electron chi connectivity index (χ0n) is 8.14. The maximum atomic E-state index is 11.3. The van der Waals surface area contributed by atoms with Gasteiger partial charge in [-0.1, -0.05) is 0 Å². The highest BCUT2D eigenvalue weighted by Crippen LogP contribution is 2.24. The highest BCUT2D eigenvalue weighted by Gasteiger charge is 2.28. The van der Waals surface area contributed by atoms with Gasteiger partial charge in [0.25, 0.3) is 0 Å². The number of ether oxygens (including phenoxy) is 1. The molecule has 0 saturated heterocycles. The van der Waals surface area contributed by atoms with Crippen LogP contribution in [0.2, 0.25) is 5.28 Å². The molecule has 2 N–H and O–H groups in total. The van der Waals surface area contributed by atoms with Gasteiger partial charge in [-0.05, 0) is 18.5 Å². The first-order valence-corrected chi connectivity index (χ1v) is 4.49. The number of esters is 1. The molecule has 16 heavy (non-hydrogen) atoms. The molecule has 0 atom stereocenters. The van der Waals surface area contributed by atoms with Gasteiger partial charge in [0.05, 0.1) is 11.5 Å². The number of nitrogens with zero attached hydrogens (tertiary/aromatic N) is 3. The van der Waals surface area contributed by atoms with Crippen molar-refractivity contribution in [3.63, 3.8) is 0 Å². The monoisotopic (exact) mass is 246 g/mol. The molecule has 9 heteroatoms. The number of carbonyl (C=O) groups is 1. The first kappa shape index (κ1) is 12.1. The van der Waals surface area contributed by atoms with Crippen LogP contribution in [0, 0.1) is 10.1 Å². The average molecular weight is 247 g/mol. The van der Waals surface area contributed by atoms with E-state index in [1.54, 1.807) is 6.92 Å². The van der Waals surface area contributed by atoms with Gasteiger partial charge in [-0.25, -0.2) is 9.78 Å². The molecule has 0 amide bonds. The van der Waals surface area contributed by atoms with Crippen LogP contribution in [0.1, 0.15) is 17.4 Å². The molecule has 0 aromatic carbocycles. The lowest BCUT2D eigenvalue weighted by atomic mass is 10.3. The van der Waals surface area contributed by atoms with Gasteiger partial charge in [-0.2, -0.15) is 4.98 Å². The zero-order valence-corrected chi connectivity index (χ0v) is 8.89. The third-order valence-corrected chi connectivity index (χ3v) is 1.70. The summed E-state index contributed by atoms with van der Waals surface area (Å²) in [6, 6.07) is 0. The molecule has 86 valence electrons. The number of halogens is 1. The van der Waals surface area contributed by atoms with Gasteiger partial charge in [0, 0.05) is 0 Å². The van der Waals surface area contributed by atoms with Gasteiger partial charge in [-0.3, -0.25) is 10.1 Å². The van der Waals surface area contributed by atoms with Crippen LogP contribution in [-0.4, -0.2) is 27.5 Å². The van der Waals surface area contributed by atoms with Gasteiger partial charge in [0.15, 0.2) is 0 Å². The van der Waals surface area contributed by atoms with Crippen LogP contribution in [0.5, 0.6) is 0 Å². The summed E-state index contributed by atoms with van der Waals surface area (Å²) in [6.07, 6.45) is 0. The van der Waals surface area contributed by atoms with Crippen molar-refractivity contribution in [2.24, 2.45) is 0 Å². The topological polar surface area (TPSA) is 121 Å². The van der Waals surface area contributed by atoms with E-state index in [9.17, 15) is 14.9 Å². The molecular formula is C7H7ClN4O4. The molecule has 0 spiro atoms. The Balaban J connectivity index is 3.35. The quantitative estimate of drug-likeness (QED) is 0.362. The second-order valence-electron chi connectivity index (χ2n) is 2.55. The number of hydrogen-bond acceptors (Lipinski definition) is 7. The van der Waals surface area contributed by atoms with E-state index in [4.69, 9.17) is 17.3 Å². The molecule has 0 aliphatic rings. The van der Waals surface area contributed by atoms with Crippen molar-refractivity contribution < 1.29 is 14.5 Å². The summed E-state index contributed by atoms with van der Waals surface area (Å²) in [7, 11) is 0. The Bertz CT molecular complexity index is 450. The molecule has 1 rings (SSSR count). The lowest BCUT2D eigenvalue weighted by Crippen LogP contribution is -2.13. The van der Waals surface area contributed by atoms with E-state index in [0.29, 0.717) is 0 Å². The Morgan fingerprint density at radius 2 is 2.25 bits per heavy atom. The third kappa shape index (κ3) is 2.34. The van der Waals surface area contributed by atoms with Gasteiger partial charge < -0.3 is 10.5 Å². The van der Waals surface area contributed by atoms with Gasteiger partial charge in [0.2, 0.25) is 16.8 Å². The average Bonchev–Trinajstić information content (AvgIpc) is 2.15. The predicted octanol–water partition coefficient (Wildman–Crippen LogP) is 0.797. The summed E-state index contributed by atoms with van der Waals surface area (Å²) in [5.74, 6) is -1.45. The number of hydrogen-bond donors (Lipinski definition) is 1. The summed E-state index contributed by atoms with van der Waals surface area (Å²) in [5.41, 5.74) is 4.01. The fourth-order valence-electron chi connectivity index (χ4n) is 0.966. The van der Waals surface area contributed by atoms with Crippen molar-refractivity contribution >= 4 is 29.1 Å². The minimum absolute atomic E-state index is 0.0531. The maximum Gasteiger partial charge on any atom is 0.364 e. The molecular weight excluding hydrogens is 240 g/mol. The van der Waals surface area contributed by atoms with Crippen molar-refractivity contribution in [3.05, 3.63) is 21.1 Å². The molecule has 0 aliphatic heterocycles. The Hall–Kier alpha value is -1.96. The van der Waals surface area contributed by atoms with E-state index < -0.39 is 28.1 Å². The van der Waals surface area contributed by atoms with Gasteiger partial charge in [-0.15, -0.1) is 0 Å². The first-order valence-electron chi connectivity index (χ1n) is 4.11. The lowest BCUT2D eigenvalue weighted by molar-refractivity contribution is -0.384. The number of nitrogens with two attached hydrogens (primary N) is 1. The van der Waals surface area contributed by atoms with Gasteiger partial charge >= 0.3 is 11.7 Å². The van der Waals surface area contributed by atoms with Crippen LogP contribution in [0.15, 0.2) is 0 Å². The number of nitro groups is 1. The lowest BCUT2D eigenvalue weighted by Gasteiger charge is -2.03. The highest BCUT2D eigenvalue weighted by molar-refractivity contribution is 6.28. The van der Waals surface area contributed by atoms with E-state index in [-0.39, 0.29) is 11.9 Å². The van der Waals surface area contributed by atoms with Crippen LogP contribution in [0.4, 0.5) is 11.5 Å². The normalized spacial score (nSPS) is 9.88. The third-order valence-electron chi connectivity index (χ3n) is 1.54. The second kappa shape index (κ2) is 4.71. The van der Waals surface area contributed by atoms with Crippen molar-refractivity contribution in [3.8, 4) is 0 Å². The maximum absolute atomic E-state index is 11.3. The summed E-state index contributed by atoms with van der Waals surface area (Å²) < 4.78 is 4.58. The SMILES string of the molecule is CCOC(=O)c1nc(Cl)nc(N)c1[N+](=O)[O-]. The van der Waals surface area contributed by atoms with Crippen molar-refractivity contribution in [1.29, 1.82) is 0 Å². The van der Waals surface area contributed by atoms with Crippen molar-refractivity contribution in [2.45, 2.75) is 6.92 Å². The number of anilines is 1. The zero-order chi connectivity index (χ0) is 12.3. The number of rotatable bonds is 3. The smallest absolute Gasteiger partial charge is 0.364 e. The summed E-state index contributed by atoms with van der Waals surface area (Å²) in [6.45, 7) is 1.60. The molecule has 0 bridgehead atoms. The molecule has 8 nitrogen and oxygen atoms in total. The summed E-state index contributed by atoms with van der Waals surface area (Å²) in [5, 5.41) is 10.3. The molecule has 0 radical (unpaired) electrons. The second-order valence-corrected chi connectivity index (χ2v) is 2.89. The largest absolute Gasteiger partial charge is 0.461 e. The van der Waals surface area contributed by atoms with Crippen LogP contribution >= 0.6 is 11.6 Å². The van der Waals surface area contributed by atoms with E-state index >= 15 is 0 Å². The number of carbonyl (C=O) groups excluding carboxylic acids is 1. The van der Waals surface area contributed by atoms with Crippen LogP contribution in [-0.2, 0) is 4.74 Å². The van der Waals surface area contributed by atoms with Gasteiger partial charge in [0.1, 0.15) is 0 Å². The Kier molecular flexibility index (Phi) is 3.56. The van der Waals surface area contributed by atoms with E-state index in [1.807, 2.05) is 0 Å². The van der Waals surface area contributed by atoms with Crippen LogP contribution in [0.25, 0.3) is 0 Å². The molecule has 0 saturated carbocycles. The van der Waals surface area contributed by atoms with Crippen molar-refractivity contribution in [2.75, 3.05) is 12.3 Å². The number of nitrogen functional groups attached to an aromatic ring is 1. The van der Waals surface area contributed by atoms with E-state index in [1.165, 1.54) is 0 Å². The summed E-state index contributed by atoms with van der Waals surface area (Å²) >= 11 is 5.44. The molecule has 1 aromatic heterocycles. The van der Waals surface area contributed by atoms with Crippen molar-refractivity contribution in [1.82, 2.24) is 9.97 Å². The fraction of sp³-hybridized carbons (Fsp3) is 0.286. The van der Waals surface area contributed by atoms with E-state index in [0.717, 1.165) is 0 Å². The molecule has 0 fully saturated rings. The Labute approximate surface area is 94.5 Å². The molecule has 0 unspecified atom stereocenters. The van der Waals surface area contributed by atoms with E-state index in [2.05, 4.69) is 14.7 Å². The fourth-order valence-corrected chi connectivity index (χ4v) is 1.14. The number of aromatic nitrogens is 2.